The van der Waals surface area contributed by atoms with Crippen LogP contribution in [-0.4, -0.2) is 16.6 Å². The van der Waals surface area contributed by atoms with Crippen molar-refractivity contribution in [1.29, 1.82) is 0 Å². The van der Waals surface area contributed by atoms with Crippen molar-refractivity contribution in [3.63, 3.8) is 0 Å². The van der Waals surface area contributed by atoms with Gasteiger partial charge in [-0.2, -0.15) is 0 Å². The maximum atomic E-state index is 4.73. The molecule has 0 bridgehead atoms. The molecule has 3 heteroatoms. The largest absolute Gasteiger partial charge is 0.342 e. The molecule has 0 unspecified atom stereocenters. The molecule has 2 aromatic carbocycles. The number of benzene rings is 2. The third-order valence-electron chi connectivity index (χ3n) is 3.07. The Balaban J connectivity index is 1.82. The smallest absolute Gasteiger partial charge is 0.169 e. The van der Waals surface area contributed by atoms with Crippen molar-refractivity contribution in [2.45, 2.75) is 6.54 Å². The Morgan fingerprint density at radius 3 is 2.35 bits per heavy atom. The van der Waals surface area contributed by atoms with Crippen molar-refractivity contribution in [2.24, 2.45) is 4.99 Å². The second-order valence-corrected chi connectivity index (χ2v) is 5.86. The first-order valence-corrected chi connectivity index (χ1v) is 7.41. The number of amidine groups is 1. The number of hydrogen-bond donors (Lipinski definition) is 0. The van der Waals surface area contributed by atoms with Gasteiger partial charge in [0.05, 0.1) is 12.2 Å². The molecule has 2 aromatic rings. The first-order valence-electron chi connectivity index (χ1n) is 6.59. The molecule has 1 fully saturated rings. The number of aliphatic imine (C=N–C) groups is 1. The van der Waals surface area contributed by atoms with Crippen LogP contribution in [0.4, 0.5) is 5.69 Å². The van der Waals surface area contributed by atoms with Crippen LogP contribution < -0.4 is 0 Å². The number of thioether (sulfide) groups is 1. The van der Waals surface area contributed by atoms with Crippen LogP contribution in [0.2, 0.25) is 0 Å². The topological polar surface area (TPSA) is 15.6 Å². The van der Waals surface area contributed by atoms with Gasteiger partial charge in [0.2, 0.25) is 0 Å². The van der Waals surface area contributed by atoms with Gasteiger partial charge in [0.15, 0.2) is 5.17 Å². The second kappa shape index (κ2) is 5.97. The Bertz CT molecular complexity index is 620. The molecule has 0 radical (unpaired) electrons. The fourth-order valence-corrected chi connectivity index (χ4v) is 3.03. The molecule has 0 aromatic heterocycles. The minimum atomic E-state index is 0.866. The Labute approximate surface area is 123 Å². The van der Waals surface area contributed by atoms with Crippen LogP contribution in [0, 0.1) is 0 Å². The molecule has 1 aliphatic rings. The lowest BCUT2D eigenvalue weighted by atomic mass is 10.2. The summed E-state index contributed by atoms with van der Waals surface area (Å²) < 4.78 is 0. The van der Waals surface area contributed by atoms with Gasteiger partial charge in [0.1, 0.15) is 0 Å². The zero-order valence-corrected chi connectivity index (χ0v) is 12.0. The molecule has 2 nitrogen and oxygen atoms in total. The average molecular weight is 280 g/mol. The number of hydrogen-bond acceptors (Lipinski definition) is 2. The lowest BCUT2D eigenvalue weighted by molar-refractivity contribution is 0.470. The van der Waals surface area contributed by atoms with E-state index >= 15 is 0 Å². The molecule has 0 atom stereocenters. The third kappa shape index (κ3) is 3.11. The van der Waals surface area contributed by atoms with Gasteiger partial charge >= 0.3 is 0 Å². The summed E-state index contributed by atoms with van der Waals surface area (Å²) in [5, 5.41) is 1.03. The molecule has 20 heavy (non-hydrogen) atoms. The van der Waals surface area contributed by atoms with E-state index in [0.717, 1.165) is 28.8 Å². The first kappa shape index (κ1) is 13.0. The summed E-state index contributed by atoms with van der Waals surface area (Å²) in [6.07, 6.45) is 0. The Morgan fingerprint density at radius 2 is 1.65 bits per heavy atom. The van der Waals surface area contributed by atoms with Gasteiger partial charge in [0.25, 0.3) is 0 Å². The van der Waals surface area contributed by atoms with Crippen molar-refractivity contribution in [3.8, 4) is 0 Å². The maximum Gasteiger partial charge on any atom is 0.169 e. The highest BCUT2D eigenvalue weighted by molar-refractivity contribution is 8.17. The van der Waals surface area contributed by atoms with Crippen molar-refractivity contribution in [2.75, 3.05) is 6.54 Å². The molecule has 1 aliphatic heterocycles. The summed E-state index contributed by atoms with van der Waals surface area (Å²) in [5.74, 6) is 0. The van der Waals surface area contributed by atoms with Crippen LogP contribution in [0.25, 0.3) is 0 Å². The van der Waals surface area contributed by atoms with Crippen LogP contribution in [0.15, 0.2) is 77.1 Å². The Morgan fingerprint density at radius 1 is 1.00 bits per heavy atom. The predicted molar refractivity (Wildman–Crippen MR) is 87.1 cm³/mol. The van der Waals surface area contributed by atoms with E-state index in [2.05, 4.69) is 35.7 Å². The first-order chi connectivity index (χ1) is 9.81. The summed E-state index contributed by atoms with van der Waals surface area (Å²) in [7, 11) is 0. The van der Waals surface area contributed by atoms with Gasteiger partial charge in [-0.3, -0.25) is 0 Å². The van der Waals surface area contributed by atoms with Crippen LogP contribution in [0.5, 0.6) is 0 Å². The summed E-state index contributed by atoms with van der Waals surface area (Å²) in [6.45, 7) is 5.82. The predicted octanol–water partition coefficient (Wildman–Crippen LogP) is 4.44. The van der Waals surface area contributed by atoms with E-state index in [9.17, 15) is 0 Å². The van der Waals surface area contributed by atoms with E-state index in [1.54, 1.807) is 11.8 Å². The highest BCUT2D eigenvalue weighted by Crippen LogP contribution is 2.31. The quantitative estimate of drug-likeness (QED) is 0.826. The third-order valence-corrected chi connectivity index (χ3v) is 4.02. The molecule has 1 saturated heterocycles. The highest BCUT2D eigenvalue weighted by atomic mass is 32.2. The molecule has 3 rings (SSSR count). The number of para-hydroxylation sites is 1. The Kier molecular flexibility index (Phi) is 3.88. The van der Waals surface area contributed by atoms with Gasteiger partial charge in [0, 0.05) is 11.4 Å². The summed E-state index contributed by atoms with van der Waals surface area (Å²) in [6, 6.07) is 20.5. The molecule has 0 spiro atoms. The lowest BCUT2D eigenvalue weighted by Crippen LogP contribution is -2.23. The van der Waals surface area contributed by atoms with Crippen LogP contribution >= 0.6 is 11.8 Å². The minimum Gasteiger partial charge on any atom is -0.342 e. The molecule has 0 amide bonds. The van der Waals surface area contributed by atoms with E-state index in [-0.39, 0.29) is 0 Å². The normalized spacial score (nSPS) is 16.9. The summed E-state index contributed by atoms with van der Waals surface area (Å²) >= 11 is 1.67. The SMILES string of the molecule is C=C1CN(Cc2ccccc2)C(=Nc2ccccc2)S1. The minimum absolute atomic E-state index is 0.866. The van der Waals surface area contributed by atoms with Crippen LogP contribution in [0.1, 0.15) is 5.56 Å². The standard InChI is InChI=1S/C17H16N2S/c1-14-12-19(13-15-8-4-2-5-9-15)17(20-14)18-16-10-6-3-7-11-16/h2-11H,1,12-13H2. The maximum absolute atomic E-state index is 4.73. The number of nitrogens with zero attached hydrogens (tertiary/aromatic N) is 2. The lowest BCUT2D eigenvalue weighted by Gasteiger charge is -2.17. The van der Waals surface area contributed by atoms with E-state index in [1.165, 1.54) is 5.56 Å². The van der Waals surface area contributed by atoms with Crippen LogP contribution in [-0.2, 0) is 6.54 Å². The van der Waals surface area contributed by atoms with E-state index < -0.39 is 0 Å². The summed E-state index contributed by atoms with van der Waals surface area (Å²) in [5.41, 5.74) is 2.28. The Hall–Kier alpha value is -2.00. The molecular formula is C17H16N2S. The fourth-order valence-electron chi connectivity index (χ4n) is 2.14. The van der Waals surface area contributed by atoms with Crippen molar-refractivity contribution < 1.29 is 0 Å². The van der Waals surface area contributed by atoms with Crippen molar-refractivity contribution in [3.05, 3.63) is 77.7 Å². The molecule has 100 valence electrons. The van der Waals surface area contributed by atoms with Gasteiger partial charge in [-0.15, -0.1) is 0 Å². The molecule has 1 heterocycles. The van der Waals surface area contributed by atoms with Gasteiger partial charge in [-0.05, 0) is 17.7 Å². The molecule has 0 saturated carbocycles. The molecule has 0 N–H and O–H groups in total. The van der Waals surface area contributed by atoms with Crippen LogP contribution in [0.3, 0.4) is 0 Å². The van der Waals surface area contributed by atoms with Gasteiger partial charge < -0.3 is 4.90 Å². The van der Waals surface area contributed by atoms with Crippen molar-refractivity contribution >= 4 is 22.6 Å². The van der Waals surface area contributed by atoms with Crippen molar-refractivity contribution in [1.82, 2.24) is 4.90 Å². The second-order valence-electron chi connectivity index (χ2n) is 4.71. The fraction of sp³-hybridized carbons (Fsp3) is 0.118. The molecule has 0 aliphatic carbocycles. The zero-order valence-electron chi connectivity index (χ0n) is 11.2. The zero-order chi connectivity index (χ0) is 13.8. The van der Waals surface area contributed by atoms with E-state index in [0.29, 0.717) is 0 Å². The van der Waals surface area contributed by atoms with Gasteiger partial charge in [-0.1, -0.05) is 66.9 Å². The highest BCUT2D eigenvalue weighted by Gasteiger charge is 2.22. The van der Waals surface area contributed by atoms with Gasteiger partial charge in [-0.25, -0.2) is 4.99 Å². The average Bonchev–Trinajstić information content (AvgIpc) is 2.81. The molecular weight excluding hydrogens is 264 g/mol. The number of rotatable bonds is 3. The van der Waals surface area contributed by atoms with E-state index in [4.69, 9.17) is 4.99 Å². The monoisotopic (exact) mass is 280 g/mol. The van der Waals surface area contributed by atoms with E-state index in [1.807, 2.05) is 36.4 Å². The summed E-state index contributed by atoms with van der Waals surface area (Å²) in [4.78, 5) is 8.15.